The molecule has 0 radical (unpaired) electrons. The van der Waals surface area contributed by atoms with Crippen LogP contribution in [0.1, 0.15) is 36.6 Å². The first-order valence-corrected chi connectivity index (χ1v) is 9.68. The first kappa shape index (κ1) is 18.0. The van der Waals surface area contributed by atoms with Gasteiger partial charge in [-0.3, -0.25) is 4.90 Å². The van der Waals surface area contributed by atoms with Crippen LogP contribution in [0.15, 0.2) is 91.0 Å². The maximum Gasteiger partial charge on any atom is 0.106 e. The quantitative estimate of drug-likeness (QED) is 0.511. The van der Waals surface area contributed by atoms with Crippen LogP contribution in [0.2, 0.25) is 0 Å². The van der Waals surface area contributed by atoms with Crippen LogP contribution in [0, 0.1) is 0 Å². The average molecular weight is 357 g/mol. The number of hydrogen-bond donors (Lipinski definition) is 0. The highest BCUT2D eigenvalue weighted by molar-refractivity contribution is 5.26. The number of hydrogen-bond acceptors (Lipinski definition) is 2. The van der Waals surface area contributed by atoms with E-state index in [1.165, 1.54) is 16.7 Å². The van der Waals surface area contributed by atoms with E-state index in [0.717, 1.165) is 13.1 Å². The van der Waals surface area contributed by atoms with E-state index in [0.29, 0.717) is 0 Å². The van der Waals surface area contributed by atoms with Crippen molar-refractivity contribution in [3.63, 3.8) is 0 Å². The van der Waals surface area contributed by atoms with Crippen molar-refractivity contribution >= 4 is 0 Å². The lowest BCUT2D eigenvalue weighted by molar-refractivity contribution is 0.145. The monoisotopic (exact) mass is 357 g/mol. The fourth-order valence-electron chi connectivity index (χ4n) is 3.85. The summed E-state index contributed by atoms with van der Waals surface area (Å²) in [4.78, 5) is 2.55. The molecule has 1 aliphatic rings. The summed E-state index contributed by atoms with van der Waals surface area (Å²) in [5.74, 6) is 0. The lowest BCUT2D eigenvalue weighted by atomic mass is 9.94. The number of rotatable bonds is 7. The lowest BCUT2D eigenvalue weighted by Gasteiger charge is -2.32. The fourth-order valence-corrected chi connectivity index (χ4v) is 3.85. The van der Waals surface area contributed by atoms with Crippen LogP contribution in [0.4, 0.5) is 0 Å². The summed E-state index contributed by atoms with van der Waals surface area (Å²) in [5.41, 5.74) is 3.90. The molecule has 2 heteroatoms. The third-order valence-corrected chi connectivity index (χ3v) is 5.34. The van der Waals surface area contributed by atoms with Gasteiger partial charge in [-0.1, -0.05) is 91.0 Å². The van der Waals surface area contributed by atoms with Crippen molar-refractivity contribution in [2.45, 2.75) is 44.7 Å². The van der Waals surface area contributed by atoms with Crippen LogP contribution in [-0.2, 0) is 17.8 Å². The average Bonchev–Trinajstić information content (AvgIpc) is 3.32. The van der Waals surface area contributed by atoms with E-state index in [4.69, 9.17) is 4.74 Å². The Balaban J connectivity index is 1.69. The van der Waals surface area contributed by atoms with Gasteiger partial charge in [0, 0.05) is 13.1 Å². The third-order valence-electron chi connectivity index (χ3n) is 5.34. The van der Waals surface area contributed by atoms with Gasteiger partial charge in [-0.25, -0.2) is 0 Å². The smallest absolute Gasteiger partial charge is 0.106 e. The molecule has 1 heterocycles. The number of benzene rings is 3. The zero-order valence-electron chi connectivity index (χ0n) is 16.1. The number of ether oxygens (including phenoxy) is 1. The Bertz CT molecular complexity index is 804. The third kappa shape index (κ3) is 4.29. The predicted molar refractivity (Wildman–Crippen MR) is 110 cm³/mol. The van der Waals surface area contributed by atoms with Gasteiger partial charge in [0.2, 0.25) is 0 Å². The van der Waals surface area contributed by atoms with Crippen molar-refractivity contribution in [1.82, 2.24) is 4.90 Å². The van der Waals surface area contributed by atoms with Crippen LogP contribution < -0.4 is 0 Å². The van der Waals surface area contributed by atoms with Gasteiger partial charge in [0.05, 0.1) is 11.6 Å². The molecule has 0 aliphatic carbocycles. The summed E-state index contributed by atoms with van der Waals surface area (Å²) in [6.45, 7) is 6.17. The van der Waals surface area contributed by atoms with Crippen molar-refractivity contribution in [1.29, 1.82) is 0 Å². The van der Waals surface area contributed by atoms with E-state index in [2.05, 4.69) is 110 Å². The van der Waals surface area contributed by atoms with E-state index < -0.39 is 0 Å². The van der Waals surface area contributed by atoms with Gasteiger partial charge in [0.1, 0.15) is 6.10 Å². The van der Waals surface area contributed by atoms with Crippen molar-refractivity contribution in [2.75, 3.05) is 0 Å². The van der Waals surface area contributed by atoms with Gasteiger partial charge in [0.15, 0.2) is 0 Å². The normalized spacial score (nSPS) is 19.0. The standard InChI is InChI=1S/C25H27NO/c1-25(2)24(27-25)23(22-16-10-5-11-17-22)26(18-20-12-6-3-7-13-20)19-21-14-8-4-9-15-21/h3-17,23-24H,18-19H2,1-2H3/t23-,24+/m1/s1. The van der Waals surface area contributed by atoms with Crippen molar-refractivity contribution in [3.05, 3.63) is 108 Å². The topological polar surface area (TPSA) is 15.8 Å². The summed E-state index contributed by atoms with van der Waals surface area (Å²) in [6, 6.07) is 32.5. The van der Waals surface area contributed by atoms with Crippen molar-refractivity contribution in [2.24, 2.45) is 0 Å². The van der Waals surface area contributed by atoms with Crippen LogP contribution in [-0.4, -0.2) is 16.6 Å². The molecular formula is C25H27NO. The predicted octanol–water partition coefficient (Wildman–Crippen LogP) is 5.61. The first-order valence-electron chi connectivity index (χ1n) is 9.68. The molecule has 138 valence electrons. The minimum absolute atomic E-state index is 0.0772. The van der Waals surface area contributed by atoms with Gasteiger partial charge >= 0.3 is 0 Å². The first-order chi connectivity index (χ1) is 13.1. The van der Waals surface area contributed by atoms with Crippen molar-refractivity contribution < 1.29 is 4.74 Å². The summed E-state index contributed by atoms with van der Waals surface area (Å²) in [7, 11) is 0. The summed E-state index contributed by atoms with van der Waals surface area (Å²) >= 11 is 0. The van der Waals surface area contributed by atoms with Crippen LogP contribution in [0.25, 0.3) is 0 Å². The molecule has 0 N–H and O–H groups in total. The molecule has 0 unspecified atom stereocenters. The molecule has 1 aliphatic heterocycles. The maximum atomic E-state index is 6.14. The Kier molecular flexibility index (Phi) is 5.11. The Morgan fingerprint density at radius 3 is 1.56 bits per heavy atom. The Morgan fingerprint density at radius 1 is 0.741 bits per heavy atom. The minimum Gasteiger partial charge on any atom is -0.365 e. The van der Waals surface area contributed by atoms with Crippen LogP contribution in [0.3, 0.4) is 0 Å². The molecule has 2 nitrogen and oxygen atoms in total. The van der Waals surface area contributed by atoms with Crippen molar-refractivity contribution in [3.8, 4) is 0 Å². The Labute approximate surface area is 162 Å². The largest absolute Gasteiger partial charge is 0.365 e. The Hall–Kier alpha value is -2.42. The van der Waals surface area contributed by atoms with E-state index in [1.54, 1.807) is 0 Å². The lowest BCUT2D eigenvalue weighted by Crippen LogP contribution is -2.33. The number of epoxide rings is 1. The van der Waals surface area contributed by atoms with Gasteiger partial charge in [-0.2, -0.15) is 0 Å². The van der Waals surface area contributed by atoms with E-state index in [9.17, 15) is 0 Å². The molecule has 1 fully saturated rings. The molecule has 0 spiro atoms. The second kappa shape index (κ2) is 7.67. The molecule has 4 rings (SSSR count). The second-order valence-electron chi connectivity index (χ2n) is 7.87. The highest BCUT2D eigenvalue weighted by Crippen LogP contribution is 2.47. The minimum atomic E-state index is -0.0772. The molecule has 0 amide bonds. The highest BCUT2D eigenvalue weighted by atomic mass is 16.6. The number of nitrogens with zero attached hydrogens (tertiary/aromatic N) is 1. The fraction of sp³-hybridized carbons (Fsp3) is 0.280. The van der Waals surface area contributed by atoms with E-state index in [1.807, 2.05) is 0 Å². The molecule has 27 heavy (non-hydrogen) atoms. The SMILES string of the molecule is CC1(C)O[C@H]1[C@@H](c1ccccc1)N(Cc1ccccc1)Cc1ccccc1. The van der Waals surface area contributed by atoms with Crippen LogP contribution in [0.5, 0.6) is 0 Å². The van der Waals surface area contributed by atoms with E-state index in [-0.39, 0.29) is 17.7 Å². The highest BCUT2D eigenvalue weighted by Gasteiger charge is 2.54. The molecule has 0 bridgehead atoms. The summed E-state index contributed by atoms with van der Waals surface area (Å²) < 4.78 is 6.14. The molecule has 0 saturated carbocycles. The molecule has 2 atom stereocenters. The summed E-state index contributed by atoms with van der Waals surface area (Å²) in [6.07, 6.45) is 0.201. The van der Waals surface area contributed by atoms with Gasteiger partial charge in [-0.05, 0) is 30.5 Å². The molecule has 3 aromatic rings. The Morgan fingerprint density at radius 2 is 1.15 bits per heavy atom. The van der Waals surface area contributed by atoms with Gasteiger partial charge in [-0.15, -0.1) is 0 Å². The van der Waals surface area contributed by atoms with Gasteiger partial charge < -0.3 is 4.74 Å². The zero-order valence-corrected chi connectivity index (χ0v) is 16.1. The van der Waals surface area contributed by atoms with Crippen LogP contribution >= 0.6 is 0 Å². The summed E-state index contributed by atoms with van der Waals surface area (Å²) in [5, 5.41) is 0. The van der Waals surface area contributed by atoms with E-state index >= 15 is 0 Å². The van der Waals surface area contributed by atoms with Gasteiger partial charge in [0.25, 0.3) is 0 Å². The molecule has 1 saturated heterocycles. The zero-order chi connectivity index (χ0) is 18.7. The molecular weight excluding hydrogens is 330 g/mol. The maximum absolute atomic E-state index is 6.14. The molecule has 3 aromatic carbocycles. The second-order valence-corrected chi connectivity index (χ2v) is 7.87. The molecule has 0 aromatic heterocycles.